The first-order valence-electron chi connectivity index (χ1n) is 6.64. The molecule has 2 N–H and O–H groups in total. The molecular weight excluding hydrogens is 263 g/mol. The van der Waals surface area contributed by atoms with Gasteiger partial charge in [0.05, 0.1) is 17.2 Å². The first kappa shape index (κ1) is 15.4. The fourth-order valence-corrected chi connectivity index (χ4v) is 2.13. The largest absolute Gasteiger partial charge is 0.495 e. The Labute approximate surface area is 118 Å². The molecule has 3 nitrogen and oxygen atoms in total. The van der Waals surface area contributed by atoms with Gasteiger partial charge in [-0.2, -0.15) is 0 Å². The van der Waals surface area contributed by atoms with Gasteiger partial charge in [-0.25, -0.2) is 8.78 Å². The van der Waals surface area contributed by atoms with Crippen LogP contribution in [0.25, 0.3) is 0 Å². The second-order valence-corrected chi connectivity index (χ2v) is 6.08. The lowest BCUT2D eigenvalue weighted by atomic mass is 9.74. The Hall–Kier alpha value is -0.975. The number of rotatable bonds is 3. The van der Waals surface area contributed by atoms with E-state index in [0.717, 1.165) is 0 Å². The molecule has 0 spiro atoms. The predicted molar refractivity (Wildman–Crippen MR) is 75.1 cm³/mol. The summed E-state index contributed by atoms with van der Waals surface area (Å²) in [5, 5.41) is 0. The molecular formula is C14H20BF2NO2. The monoisotopic (exact) mass is 283 g/mol. The summed E-state index contributed by atoms with van der Waals surface area (Å²) >= 11 is 0. The molecule has 1 atom stereocenters. The minimum Gasteiger partial charge on any atom is -0.399 e. The van der Waals surface area contributed by atoms with Crippen LogP contribution in [0.1, 0.15) is 39.3 Å². The first-order valence-corrected chi connectivity index (χ1v) is 6.64. The Balaban J connectivity index is 2.36. The third-order valence-electron chi connectivity index (χ3n) is 4.13. The van der Waals surface area contributed by atoms with Crippen molar-refractivity contribution in [2.75, 3.05) is 0 Å². The highest BCUT2D eigenvalue weighted by Crippen LogP contribution is 2.37. The summed E-state index contributed by atoms with van der Waals surface area (Å²) in [5.74, 6) is 0. The summed E-state index contributed by atoms with van der Waals surface area (Å²) in [6.07, 6.45) is -2.63. The average Bonchev–Trinajstić information content (AvgIpc) is 2.57. The highest BCUT2D eigenvalue weighted by Gasteiger charge is 2.52. The van der Waals surface area contributed by atoms with Gasteiger partial charge in [-0.1, -0.05) is 24.3 Å². The van der Waals surface area contributed by atoms with E-state index in [1.165, 1.54) is 0 Å². The lowest BCUT2D eigenvalue weighted by Crippen LogP contribution is -2.41. The molecule has 0 aromatic heterocycles. The number of alkyl halides is 2. The number of nitrogens with two attached hydrogens (primary N) is 1. The molecule has 20 heavy (non-hydrogen) atoms. The molecule has 1 unspecified atom stereocenters. The summed E-state index contributed by atoms with van der Waals surface area (Å²) < 4.78 is 37.6. The van der Waals surface area contributed by atoms with Gasteiger partial charge in [-0.15, -0.1) is 0 Å². The summed E-state index contributed by atoms with van der Waals surface area (Å²) in [5.41, 5.74) is 5.48. The van der Waals surface area contributed by atoms with Gasteiger partial charge in [-0.3, -0.25) is 0 Å². The van der Waals surface area contributed by atoms with E-state index in [9.17, 15) is 8.78 Å². The van der Waals surface area contributed by atoms with Gasteiger partial charge >= 0.3 is 7.12 Å². The van der Waals surface area contributed by atoms with E-state index in [4.69, 9.17) is 15.0 Å². The average molecular weight is 283 g/mol. The fourth-order valence-electron chi connectivity index (χ4n) is 2.13. The van der Waals surface area contributed by atoms with Gasteiger partial charge < -0.3 is 15.0 Å². The zero-order valence-corrected chi connectivity index (χ0v) is 12.2. The first-order chi connectivity index (χ1) is 9.16. The normalized spacial score (nSPS) is 22.3. The van der Waals surface area contributed by atoms with Crippen LogP contribution in [0.5, 0.6) is 0 Å². The van der Waals surface area contributed by atoms with Crippen LogP contribution in [0, 0.1) is 0 Å². The van der Waals surface area contributed by atoms with Crippen molar-refractivity contribution in [1.29, 1.82) is 0 Å². The number of hydrogen-bond donors (Lipinski definition) is 1. The molecule has 0 radical (unpaired) electrons. The Morgan fingerprint density at radius 1 is 1.05 bits per heavy atom. The molecule has 0 bridgehead atoms. The maximum atomic E-state index is 12.9. The Morgan fingerprint density at radius 2 is 1.55 bits per heavy atom. The van der Waals surface area contributed by atoms with E-state index in [1.807, 2.05) is 27.7 Å². The number of hydrogen-bond acceptors (Lipinski definition) is 3. The van der Waals surface area contributed by atoms with E-state index in [1.54, 1.807) is 24.3 Å². The summed E-state index contributed by atoms with van der Waals surface area (Å²) in [6.45, 7) is 7.68. The minimum atomic E-state index is -2.63. The van der Waals surface area contributed by atoms with Crippen molar-refractivity contribution in [3.8, 4) is 0 Å². The van der Waals surface area contributed by atoms with E-state index in [-0.39, 0.29) is 0 Å². The molecule has 1 aliphatic heterocycles. The second-order valence-electron chi connectivity index (χ2n) is 6.08. The van der Waals surface area contributed by atoms with E-state index in [2.05, 4.69) is 0 Å². The summed E-state index contributed by atoms with van der Waals surface area (Å²) in [4.78, 5) is 0. The van der Waals surface area contributed by atoms with Gasteiger partial charge in [0.2, 0.25) is 0 Å². The van der Waals surface area contributed by atoms with E-state index >= 15 is 0 Å². The smallest absolute Gasteiger partial charge is 0.399 e. The predicted octanol–water partition coefficient (Wildman–Crippen LogP) is 2.25. The molecule has 0 saturated carbocycles. The van der Waals surface area contributed by atoms with Crippen LogP contribution < -0.4 is 11.2 Å². The third-order valence-corrected chi connectivity index (χ3v) is 4.13. The maximum Gasteiger partial charge on any atom is 0.495 e. The van der Waals surface area contributed by atoms with Gasteiger partial charge in [-0.05, 0) is 38.7 Å². The number of halogens is 2. The van der Waals surface area contributed by atoms with E-state index in [0.29, 0.717) is 11.0 Å². The molecule has 0 aliphatic carbocycles. The topological polar surface area (TPSA) is 44.5 Å². The lowest BCUT2D eigenvalue weighted by molar-refractivity contribution is 0.00578. The van der Waals surface area contributed by atoms with Gasteiger partial charge in [0.25, 0.3) is 6.43 Å². The molecule has 1 aromatic carbocycles. The van der Waals surface area contributed by atoms with Crippen LogP contribution in [-0.2, 0) is 9.31 Å². The van der Waals surface area contributed by atoms with Gasteiger partial charge in [0.15, 0.2) is 0 Å². The maximum absolute atomic E-state index is 12.9. The Bertz CT molecular complexity index is 478. The van der Waals surface area contributed by atoms with Gasteiger partial charge in [0.1, 0.15) is 0 Å². The lowest BCUT2D eigenvalue weighted by Gasteiger charge is -2.32. The van der Waals surface area contributed by atoms with Crippen molar-refractivity contribution < 1.29 is 18.1 Å². The van der Waals surface area contributed by atoms with Crippen molar-refractivity contribution in [2.45, 2.75) is 51.4 Å². The van der Waals surface area contributed by atoms with Crippen LogP contribution in [0.2, 0.25) is 0 Å². The standard InChI is InChI=1S/C14H20BF2NO2/c1-13(2)14(3,4)20-15(19-13)10-8-6-5-7-9(10)11(18)12(16)17/h5-8,11-12H,18H2,1-4H3. The van der Waals surface area contributed by atoms with Crippen molar-refractivity contribution in [1.82, 2.24) is 0 Å². The highest BCUT2D eigenvalue weighted by molar-refractivity contribution is 6.62. The van der Waals surface area contributed by atoms with Crippen molar-refractivity contribution >= 4 is 12.6 Å². The molecule has 0 amide bonds. The molecule has 110 valence electrons. The molecule has 6 heteroatoms. The quantitative estimate of drug-likeness (QED) is 0.865. The SMILES string of the molecule is CC1(C)OB(c2ccccc2C(N)C(F)F)OC1(C)C. The van der Waals surface area contributed by atoms with Crippen molar-refractivity contribution in [2.24, 2.45) is 5.73 Å². The molecule has 1 heterocycles. The molecule has 1 aromatic rings. The Kier molecular flexibility index (Phi) is 3.93. The van der Waals surface area contributed by atoms with Crippen LogP contribution in [-0.4, -0.2) is 24.7 Å². The minimum absolute atomic E-state index is 0.362. The highest BCUT2D eigenvalue weighted by atomic mass is 19.3. The van der Waals surface area contributed by atoms with Crippen LogP contribution in [0.15, 0.2) is 24.3 Å². The molecule has 1 aliphatic rings. The number of benzene rings is 1. The summed E-state index contributed by atoms with van der Waals surface area (Å²) in [7, 11) is -0.680. The van der Waals surface area contributed by atoms with Crippen molar-refractivity contribution in [3.05, 3.63) is 29.8 Å². The van der Waals surface area contributed by atoms with Gasteiger partial charge in [0, 0.05) is 0 Å². The van der Waals surface area contributed by atoms with Crippen LogP contribution >= 0.6 is 0 Å². The van der Waals surface area contributed by atoms with Crippen LogP contribution in [0.4, 0.5) is 8.78 Å². The summed E-state index contributed by atoms with van der Waals surface area (Å²) in [6, 6.07) is 5.43. The zero-order valence-electron chi connectivity index (χ0n) is 12.2. The van der Waals surface area contributed by atoms with Crippen molar-refractivity contribution in [3.63, 3.8) is 0 Å². The third kappa shape index (κ3) is 2.60. The zero-order chi connectivity index (χ0) is 15.1. The van der Waals surface area contributed by atoms with E-state index < -0.39 is 30.8 Å². The molecule has 1 fully saturated rings. The van der Waals surface area contributed by atoms with Crippen LogP contribution in [0.3, 0.4) is 0 Å². The Morgan fingerprint density at radius 3 is 2.05 bits per heavy atom. The fraction of sp³-hybridized carbons (Fsp3) is 0.571. The molecule has 2 rings (SSSR count). The molecule has 1 saturated heterocycles. The second kappa shape index (κ2) is 5.09.